The Kier molecular flexibility index (Phi) is 2.58. The van der Waals surface area contributed by atoms with Crippen LogP contribution in [0.4, 0.5) is 0 Å². The smallest absolute Gasteiger partial charge is 0.00173 e. The van der Waals surface area contributed by atoms with Gasteiger partial charge >= 0.3 is 0 Å². The monoisotopic (exact) mass is 155 g/mol. The van der Waals surface area contributed by atoms with Crippen molar-refractivity contribution in [2.45, 2.75) is 34.1 Å². The van der Waals surface area contributed by atoms with Crippen LogP contribution in [-0.4, -0.2) is 13.1 Å². The van der Waals surface area contributed by atoms with E-state index in [4.69, 9.17) is 0 Å². The molecule has 0 spiro atoms. The molecule has 1 aliphatic rings. The van der Waals surface area contributed by atoms with Gasteiger partial charge in [-0.2, -0.15) is 0 Å². The summed E-state index contributed by atoms with van der Waals surface area (Å²) in [7, 11) is 0. The normalized spacial score (nSPS) is 28.9. The largest absolute Gasteiger partial charge is 0.316 e. The minimum atomic E-state index is 0.483. The van der Waals surface area contributed by atoms with E-state index >= 15 is 0 Å². The van der Waals surface area contributed by atoms with Crippen molar-refractivity contribution in [1.29, 1.82) is 0 Å². The van der Waals surface area contributed by atoms with Crippen LogP contribution in [0.2, 0.25) is 0 Å². The van der Waals surface area contributed by atoms with Crippen molar-refractivity contribution in [1.82, 2.24) is 5.32 Å². The molecule has 0 radical (unpaired) electrons. The van der Waals surface area contributed by atoms with Crippen LogP contribution >= 0.6 is 0 Å². The number of hydrogen-bond donors (Lipinski definition) is 1. The maximum Gasteiger partial charge on any atom is -0.00173 e. The van der Waals surface area contributed by atoms with Crippen LogP contribution in [0, 0.1) is 17.3 Å². The second kappa shape index (κ2) is 3.14. The average Bonchev–Trinajstić information content (AvgIpc) is 2.34. The molecule has 0 aromatic carbocycles. The highest BCUT2D eigenvalue weighted by atomic mass is 14.9. The minimum Gasteiger partial charge on any atom is -0.316 e. The first-order valence-electron chi connectivity index (χ1n) is 4.72. The first-order valence-corrected chi connectivity index (χ1v) is 4.72. The minimum absolute atomic E-state index is 0.483. The molecule has 1 heteroatoms. The zero-order chi connectivity index (χ0) is 8.48. The molecular weight excluding hydrogens is 134 g/mol. The first kappa shape index (κ1) is 9.05. The van der Waals surface area contributed by atoms with Crippen LogP contribution in [0.3, 0.4) is 0 Å². The Balaban J connectivity index is 2.46. The number of nitrogens with one attached hydrogen (secondary N) is 1. The van der Waals surface area contributed by atoms with Gasteiger partial charge < -0.3 is 5.32 Å². The Hall–Kier alpha value is -0.0400. The fraction of sp³-hybridized carbons (Fsp3) is 1.00. The highest BCUT2D eigenvalue weighted by molar-refractivity contribution is 4.82. The van der Waals surface area contributed by atoms with Crippen molar-refractivity contribution >= 4 is 0 Å². The molecule has 1 saturated heterocycles. The van der Waals surface area contributed by atoms with Gasteiger partial charge in [-0.05, 0) is 36.8 Å². The lowest BCUT2D eigenvalue weighted by Crippen LogP contribution is -2.27. The summed E-state index contributed by atoms with van der Waals surface area (Å²) >= 11 is 0. The molecule has 1 heterocycles. The average molecular weight is 155 g/mol. The van der Waals surface area contributed by atoms with Crippen LogP contribution < -0.4 is 5.32 Å². The van der Waals surface area contributed by atoms with E-state index in [0.29, 0.717) is 5.41 Å². The maximum atomic E-state index is 3.43. The summed E-state index contributed by atoms with van der Waals surface area (Å²) in [5.74, 6) is 1.76. The molecule has 0 bridgehead atoms. The molecule has 1 fully saturated rings. The maximum absolute atomic E-state index is 3.43. The zero-order valence-electron chi connectivity index (χ0n) is 8.28. The fourth-order valence-electron chi connectivity index (χ4n) is 1.81. The Morgan fingerprint density at radius 2 is 2.00 bits per heavy atom. The third-order valence-corrected chi connectivity index (χ3v) is 3.17. The SMILES string of the molecule is C[C@H](C1CCNC1)C(C)(C)C. The van der Waals surface area contributed by atoms with E-state index in [1.54, 1.807) is 0 Å². The van der Waals surface area contributed by atoms with Crippen molar-refractivity contribution in [2.75, 3.05) is 13.1 Å². The molecule has 66 valence electrons. The number of rotatable bonds is 1. The molecule has 1 aliphatic heterocycles. The van der Waals surface area contributed by atoms with Gasteiger partial charge in [-0.15, -0.1) is 0 Å². The molecule has 0 aromatic heterocycles. The Morgan fingerprint density at radius 3 is 2.36 bits per heavy atom. The third-order valence-electron chi connectivity index (χ3n) is 3.17. The summed E-state index contributed by atoms with van der Waals surface area (Å²) in [5.41, 5.74) is 0.483. The fourth-order valence-corrected chi connectivity index (χ4v) is 1.81. The lowest BCUT2D eigenvalue weighted by molar-refractivity contribution is 0.187. The third kappa shape index (κ3) is 2.19. The topological polar surface area (TPSA) is 12.0 Å². The van der Waals surface area contributed by atoms with Gasteiger partial charge in [-0.3, -0.25) is 0 Å². The second-order valence-electron chi connectivity index (χ2n) is 4.91. The molecule has 0 aromatic rings. The Morgan fingerprint density at radius 1 is 1.36 bits per heavy atom. The summed E-state index contributed by atoms with van der Waals surface area (Å²) < 4.78 is 0. The van der Waals surface area contributed by atoms with Gasteiger partial charge in [0.2, 0.25) is 0 Å². The van der Waals surface area contributed by atoms with Gasteiger partial charge in [-0.1, -0.05) is 27.7 Å². The quantitative estimate of drug-likeness (QED) is 0.612. The second-order valence-corrected chi connectivity index (χ2v) is 4.91. The Bertz CT molecular complexity index is 117. The highest BCUT2D eigenvalue weighted by Gasteiger charge is 2.29. The molecule has 1 N–H and O–H groups in total. The van der Waals surface area contributed by atoms with Gasteiger partial charge in [-0.25, -0.2) is 0 Å². The van der Waals surface area contributed by atoms with Gasteiger partial charge in [0.15, 0.2) is 0 Å². The molecule has 1 nitrogen and oxygen atoms in total. The predicted molar refractivity (Wildman–Crippen MR) is 49.6 cm³/mol. The van der Waals surface area contributed by atoms with Crippen LogP contribution in [0.15, 0.2) is 0 Å². The van der Waals surface area contributed by atoms with E-state index in [1.165, 1.54) is 19.5 Å². The van der Waals surface area contributed by atoms with E-state index in [1.807, 2.05) is 0 Å². The molecule has 1 unspecified atom stereocenters. The van der Waals surface area contributed by atoms with E-state index < -0.39 is 0 Å². The van der Waals surface area contributed by atoms with Crippen LogP contribution in [0.5, 0.6) is 0 Å². The van der Waals surface area contributed by atoms with Crippen molar-refractivity contribution in [3.05, 3.63) is 0 Å². The number of hydrogen-bond acceptors (Lipinski definition) is 1. The van der Waals surface area contributed by atoms with Gasteiger partial charge in [0.05, 0.1) is 0 Å². The lowest BCUT2D eigenvalue weighted by atomic mass is 9.74. The zero-order valence-corrected chi connectivity index (χ0v) is 8.28. The van der Waals surface area contributed by atoms with E-state index in [9.17, 15) is 0 Å². The molecule has 0 saturated carbocycles. The standard InChI is InChI=1S/C10H21N/c1-8(10(2,3)4)9-5-6-11-7-9/h8-9,11H,5-7H2,1-4H3/t8-,9?/m1/s1. The molecule has 0 amide bonds. The van der Waals surface area contributed by atoms with Gasteiger partial charge in [0, 0.05) is 0 Å². The van der Waals surface area contributed by atoms with Crippen molar-refractivity contribution < 1.29 is 0 Å². The molecule has 11 heavy (non-hydrogen) atoms. The van der Waals surface area contributed by atoms with E-state index in [-0.39, 0.29) is 0 Å². The van der Waals surface area contributed by atoms with Crippen LogP contribution in [0.25, 0.3) is 0 Å². The predicted octanol–water partition coefficient (Wildman–Crippen LogP) is 2.28. The van der Waals surface area contributed by atoms with Crippen LogP contribution in [0.1, 0.15) is 34.1 Å². The summed E-state index contributed by atoms with van der Waals surface area (Å²) in [5, 5.41) is 3.43. The molecule has 1 rings (SSSR count). The molecular formula is C10H21N. The van der Waals surface area contributed by atoms with Crippen molar-refractivity contribution in [2.24, 2.45) is 17.3 Å². The van der Waals surface area contributed by atoms with Crippen molar-refractivity contribution in [3.8, 4) is 0 Å². The van der Waals surface area contributed by atoms with Crippen molar-refractivity contribution in [3.63, 3.8) is 0 Å². The summed E-state index contributed by atoms with van der Waals surface area (Å²) in [4.78, 5) is 0. The van der Waals surface area contributed by atoms with Gasteiger partial charge in [0.1, 0.15) is 0 Å². The molecule has 0 aliphatic carbocycles. The van der Waals surface area contributed by atoms with E-state index in [2.05, 4.69) is 33.0 Å². The summed E-state index contributed by atoms with van der Waals surface area (Å²) in [6, 6.07) is 0. The lowest BCUT2D eigenvalue weighted by Gasteiger charge is -2.31. The van der Waals surface area contributed by atoms with Crippen LogP contribution in [-0.2, 0) is 0 Å². The summed E-state index contributed by atoms with van der Waals surface area (Å²) in [6.45, 7) is 11.9. The highest BCUT2D eigenvalue weighted by Crippen LogP contribution is 2.34. The molecule has 2 atom stereocenters. The van der Waals surface area contributed by atoms with E-state index in [0.717, 1.165) is 11.8 Å². The van der Waals surface area contributed by atoms with Gasteiger partial charge in [0.25, 0.3) is 0 Å². The Labute approximate surface area is 70.6 Å². The first-order chi connectivity index (χ1) is 5.02. The summed E-state index contributed by atoms with van der Waals surface area (Å²) in [6.07, 6.45) is 1.37.